The van der Waals surface area contributed by atoms with Crippen molar-refractivity contribution in [2.45, 2.75) is 31.8 Å². The average Bonchev–Trinajstić information content (AvgIpc) is 3.05. The van der Waals surface area contributed by atoms with Crippen LogP contribution in [0.2, 0.25) is 0 Å². The lowest BCUT2D eigenvalue weighted by Gasteiger charge is -2.30. The highest BCUT2D eigenvalue weighted by Gasteiger charge is 2.49. The Morgan fingerprint density at radius 2 is 1.96 bits per heavy atom. The molecule has 1 aromatic rings. The average molecular weight is 365 g/mol. The fourth-order valence-corrected chi connectivity index (χ4v) is 5.27. The minimum absolute atomic E-state index is 0.0838. The molecule has 0 unspecified atom stereocenters. The van der Waals surface area contributed by atoms with Gasteiger partial charge in [-0.1, -0.05) is 37.3 Å². The fraction of sp³-hybridized carbons (Fsp3) is 0.529. The number of nitrogens with zero attached hydrogens (tertiary/aromatic N) is 2. The molecule has 2 heterocycles. The second kappa shape index (κ2) is 6.42. The molecule has 2 aliphatic rings. The fourth-order valence-electron chi connectivity index (χ4n) is 3.51. The number of nitrogens with one attached hydrogen (secondary N) is 1. The quantitative estimate of drug-likeness (QED) is 0.784. The smallest absolute Gasteiger partial charge is 0.319 e. The van der Waals surface area contributed by atoms with Gasteiger partial charge in [0.15, 0.2) is 9.84 Å². The molecule has 0 radical (unpaired) electrons. The third kappa shape index (κ3) is 3.28. The van der Waals surface area contributed by atoms with E-state index in [-0.39, 0.29) is 30.1 Å². The van der Waals surface area contributed by atoms with E-state index in [2.05, 4.69) is 5.32 Å². The van der Waals surface area contributed by atoms with Crippen molar-refractivity contribution in [3.63, 3.8) is 0 Å². The lowest BCUT2D eigenvalue weighted by Crippen LogP contribution is -2.47. The van der Waals surface area contributed by atoms with E-state index in [9.17, 15) is 18.0 Å². The van der Waals surface area contributed by atoms with E-state index >= 15 is 0 Å². The van der Waals surface area contributed by atoms with Crippen molar-refractivity contribution in [1.29, 1.82) is 0 Å². The van der Waals surface area contributed by atoms with Crippen molar-refractivity contribution in [2.24, 2.45) is 0 Å². The van der Waals surface area contributed by atoms with Crippen LogP contribution in [-0.4, -0.2) is 60.9 Å². The van der Waals surface area contributed by atoms with Gasteiger partial charge in [-0.25, -0.2) is 18.1 Å². The maximum absolute atomic E-state index is 12.9. The molecule has 0 aliphatic carbocycles. The summed E-state index contributed by atoms with van der Waals surface area (Å²) >= 11 is 0. The number of sulfone groups is 1. The van der Waals surface area contributed by atoms with Gasteiger partial charge in [0.25, 0.3) is 5.91 Å². The zero-order valence-electron chi connectivity index (χ0n) is 14.4. The van der Waals surface area contributed by atoms with E-state index in [1.54, 1.807) is 6.92 Å². The number of amides is 3. The Balaban J connectivity index is 1.79. The van der Waals surface area contributed by atoms with Crippen LogP contribution in [0.4, 0.5) is 4.79 Å². The Labute approximate surface area is 147 Å². The molecule has 2 atom stereocenters. The molecule has 2 fully saturated rings. The van der Waals surface area contributed by atoms with Gasteiger partial charge in [-0.05, 0) is 25.5 Å². The molecule has 1 aromatic carbocycles. The van der Waals surface area contributed by atoms with Gasteiger partial charge in [0, 0.05) is 6.04 Å². The number of hydrogen-bond acceptors (Lipinski definition) is 5. The first-order valence-electron chi connectivity index (χ1n) is 8.41. The maximum Gasteiger partial charge on any atom is 0.326 e. The van der Waals surface area contributed by atoms with Gasteiger partial charge < -0.3 is 5.32 Å². The third-order valence-corrected chi connectivity index (χ3v) is 6.83. The highest BCUT2D eigenvalue weighted by molar-refractivity contribution is 7.91. The van der Waals surface area contributed by atoms with Crippen LogP contribution >= 0.6 is 0 Å². The zero-order valence-corrected chi connectivity index (χ0v) is 15.3. The van der Waals surface area contributed by atoms with Crippen LogP contribution in [0.15, 0.2) is 30.3 Å². The summed E-state index contributed by atoms with van der Waals surface area (Å²) in [6, 6.07) is 8.51. The molecule has 0 aromatic heterocycles. The Kier molecular flexibility index (Phi) is 4.59. The number of benzene rings is 1. The molecule has 0 saturated carbocycles. The lowest BCUT2D eigenvalue weighted by molar-refractivity contribution is -0.132. The van der Waals surface area contributed by atoms with Crippen molar-refractivity contribution < 1.29 is 18.0 Å². The molecular weight excluding hydrogens is 342 g/mol. The minimum Gasteiger partial charge on any atom is -0.319 e. The van der Waals surface area contributed by atoms with E-state index in [0.717, 1.165) is 5.56 Å². The molecule has 3 rings (SSSR count). The van der Waals surface area contributed by atoms with Gasteiger partial charge in [0.05, 0.1) is 18.2 Å². The number of urea groups is 1. The van der Waals surface area contributed by atoms with Crippen molar-refractivity contribution in [3.8, 4) is 0 Å². The molecule has 8 heteroatoms. The first-order chi connectivity index (χ1) is 11.8. The van der Waals surface area contributed by atoms with E-state index in [0.29, 0.717) is 13.0 Å². The van der Waals surface area contributed by atoms with E-state index in [1.165, 1.54) is 4.90 Å². The topological polar surface area (TPSA) is 86.8 Å². The Hall–Kier alpha value is -1.93. The minimum atomic E-state index is -3.02. The SMILES string of the molecule is CCN(CN1C(=O)N[C@](C)(c2ccccc2)C1=O)[C@@H]1CCS(=O)(=O)C1. The summed E-state index contributed by atoms with van der Waals surface area (Å²) in [4.78, 5) is 28.4. The summed E-state index contributed by atoms with van der Waals surface area (Å²) in [5.41, 5.74) is -0.373. The van der Waals surface area contributed by atoms with Gasteiger partial charge in [-0.3, -0.25) is 9.69 Å². The molecule has 0 bridgehead atoms. The summed E-state index contributed by atoms with van der Waals surface area (Å²) in [6.07, 6.45) is 0.537. The molecule has 7 nitrogen and oxygen atoms in total. The first kappa shape index (κ1) is 17.9. The largest absolute Gasteiger partial charge is 0.326 e. The highest BCUT2D eigenvalue weighted by Crippen LogP contribution is 2.29. The molecule has 3 amide bonds. The summed E-state index contributed by atoms with van der Waals surface area (Å²) in [5, 5.41) is 2.78. The predicted molar refractivity (Wildman–Crippen MR) is 93.5 cm³/mol. The van der Waals surface area contributed by atoms with E-state index in [4.69, 9.17) is 0 Å². The third-order valence-electron chi connectivity index (χ3n) is 5.08. The number of carbonyl (C=O) groups excluding carboxylic acids is 2. The second-order valence-electron chi connectivity index (χ2n) is 6.76. The Morgan fingerprint density at radius 1 is 1.28 bits per heavy atom. The van der Waals surface area contributed by atoms with Gasteiger partial charge in [-0.2, -0.15) is 0 Å². The Bertz CT molecular complexity index is 780. The van der Waals surface area contributed by atoms with Crippen LogP contribution in [0.1, 0.15) is 25.8 Å². The molecule has 136 valence electrons. The molecular formula is C17H23N3O4S. The van der Waals surface area contributed by atoms with Gasteiger partial charge in [0.1, 0.15) is 5.54 Å². The van der Waals surface area contributed by atoms with E-state index in [1.807, 2.05) is 42.2 Å². The summed E-state index contributed by atoms with van der Waals surface area (Å²) in [5.74, 6) is -0.0702. The van der Waals surface area contributed by atoms with Crippen LogP contribution in [0.5, 0.6) is 0 Å². The molecule has 25 heavy (non-hydrogen) atoms. The summed E-state index contributed by atoms with van der Waals surface area (Å²) in [6.45, 7) is 4.27. The second-order valence-corrected chi connectivity index (χ2v) is 8.99. The van der Waals surface area contributed by atoms with E-state index < -0.39 is 21.4 Å². The number of rotatable bonds is 5. The highest BCUT2D eigenvalue weighted by atomic mass is 32.2. The van der Waals surface area contributed by atoms with Crippen LogP contribution in [0.3, 0.4) is 0 Å². The molecule has 2 aliphatic heterocycles. The van der Waals surface area contributed by atoms with Gasteiger partial charge in [-0.15, -0.1) is 0 Å². The summed E-state index contributed by atoms with van der Waals surface area (Å²) < 4.78 is 23.5. The lowest BCUT2D eigenvalue weighted by atomic mass is 9.92. The molecule has 1 N–H and O–H groups in total. The van der Waals surface area contributed by atoms with Gasteiger partial charge >= 0.3 is 6.03 Å². The first-order valence-corrected chi connectivity index (χ1v) is 10.2. The van der Waals surface area contributed by atoms with Crippen LogP contribution in [-0.2, 0) is 20.2 Å². The Morgan fingerprint density at radius 3 is 2.52 bits per heavy atom. The van der Waals surface area contributed by atoms with Crippen molar-refractivity contribution in [3.05, 3.63) is 35.9 Å². The number of imide groups is 1. The maximum atomic E-state index is 12.9. The van der Waals surface area contributed by atoms with Gasteiger partial charge in [0.2, 0.25) is 0 Å². The molecule has 2 saturated heterocycles. The number of carbonyl (C=O) groups is 2. The van der Waals surface area contributed by atoms with Crippen molar-refractivity contribution >= 4 is 21.8 Å². The van der Waals surface area contributed by atoms with Crippen LogP contribution in [0.25, 0.3) is 0 Å². The number of hydrogen-bond donors (Lipinski definition) is 1. The van der Waals surface area contributed by atoms with Crippen LogP contribution in [0, 0.1) is 0 Å². The van der Waals surface area contributed by atoms with Crippen LogP contribution < -0.4 is 5.32 Å². The summed E-state index contributed by atoms with van der Waals surface area (Å²) in [7, 11) is -3.02. The van der Waals surface area contributed by atoms with Crippen molar-refractivity contribution in [2.75, 3.05) is 24.7 Å². The molecule has 0 spiro atoms. The van der Waals surface area contributed by atoms with Crippen molar-refractivity contribution in [1.82, 2.24) is 15.1 Å². The zero-order chi connectivity index (χ0) is 18.2. The normalized spacial score (nSPS) is 28.6. The standard InChI is InChI=1S/C17H23N3O4S/c1-3-19(14-9-10-25(23,24)11-14)12-20-15(21)17(2,18-16(20)22)13-7-5-4-6-8-13/h4-8,14H,3,9-12H2,1-2H3,(H,18,22)/t14-,17-/m1/s1. The monoisotopic (exact) mass is 365 g/mol. The predicted octanol–water partition coefficient (Wildman–Crippen LogP) is 0.920.